The lowest BCUT2D eigenvalue weighted by Crippen LogP contribution is -2.27. The van der Waals surface area contributed by atoms with E-state index in [2.05, 4.69) is 29.9 Å². The molecule has 0 saturated heterocycles. The maximum absolute atomic E-state index is 10.3. The van der Waals surface area contributed by atoms with Gasteiger partial charge in [0.2, 0.25) is 0 Å². The molecule has 11 heteroatoms. The van der Waals surface area contributed by atoms with Gasteiger partial charge in [0, 0.05) is 48.4 Å². The summed E-state index contributed by atoms with van der Waals surface area (Å²) in [6.45, 7) is 0. The zero-order valence-electron chi connectivity index (χ0n) is 17.6. The number of imidazole rings is 3. The second-order valence-electron chi connectivity index (χ2n) is 8.02. The van der Waals surface area contributed by atoms with Crippen LogP contribution in [-0.4, -0.2) is 46.9 Å². The van der Waals surface area contributed by atoms with Crippen LogP contribution in [0.15, 0.2) is 37.2 Å². The molecule has 0 amide bonds. The molecule has 6 rings (SSSR count). The summed E-state index contributed by atoms with van der Waals surface area (Å²) in [7, 11) is 0. The van der Waals surface area contributed by atoms with Crippen molar-refractivity contribution in [3.8, 4) is 0 Å². The maximum atomic E-state index is 10.3. The van der Waals surface area contributed by atoms with Crippen LogP contribution in [0.25, 0.3) is 11.0 Å². The second kappa shape index (κ2) is 9.71. The van der Waals surface area contributed by atoms with Crippen LogP contribution in [0.4, 0.5) is 5.69 Å². The highest BCUT2D eigenvalue weighted by Crippen LogP contribution is 2.18. The van der Waals surface area contributed by atoms with Gasteiger partial charge in [-0.3, -0.25) is 10.1 Å². The fourth-order valence-corrected chi connectivity index (χ4v) is 3.89. The number of nitro benzene ring substituents is 1. The molecule has 11 nitrogen and oxygen atoms in total. The third-order valence-electron chi connectivity index (χ3n) is 5.67. The number of nitro groups is 1. The predicted molar refractivity (Wildman–Crippen MR) is 120 cm³/mol. The van der Waals surface area contributed by atoms with Crippen molar-refractivity contribution in [2.45, 2.75) is 50.6 Å². The van der Waals surface area contributed by atoms with Gasteiger partial charge in [-0.15, -0.1) is 0 Å². The zero-order chi connectivity index (χ0) is 22.5. The number of nitrogens with zero attached hydrogens (tertiary/aromatic N) is 4. The van der Waals surface area contributed by atoms with Crippen LogP contribution in [0.1, 0.15) is 35.6 Å². The molecule has 2 unspecified atom stereocenters. The number of benzene rings is 1. The Labute approximate surface area is 184 Å². The van der Waals surface area contributed by atoms with Crippen molar-refractivity contribution in [1.29, 1.82) is 0 Å². The summed E-state index contributed by atoms with van der Waals surface area (Å²) in [6.07, 6.45) is 11.2. The number of aryl methyl sites for hydroxylation is 2. The molecule has 0 fully saturated rings. The molecule has 0 radical (unpaired) electrons. The largest absolute Gasteiger partial charge is 0.348 e. The number of non-ortho nitro benzene ring substituents is 1. The molecule has 2 aliphatic carbocycles. The predicted octanol–water partition coefficient (Wildman–Crippen LogP) is 1.92. The van der Waals surface area contributed by atoms with E-state index in [4.69, 9.17) is 11.5 Å². The van der Waals surface area contributed by atoms with Crippen molar-refractivity contribution in [2.24, 2.45) is 11.5 Å². The Bertz CT molecular complexity index is 1130. The summed E-state index contributed by atoms with van der Waals surface area (Å²) in [6, 6.07) is 5.19. The van der Waals surface area contributed by atoms with E-state index in [-0.39, 0.29) is 5.69 Å². The van der Waals surface area contributed by atoms with Crippen molar-refractivity contribution in [3.05, 3.63) is 70.1 Å². The van der Waals surface area contributed by atoms with Crippen LogP contribution in [-0.2, 0) is 25.7 Å². The van der Waals surface area contributed by atoms with Gasteiger partial charge in [0.15, 0.2) is 0 Å². The third kappa shape index (κ3) is 5.18. The SMILES string of the molecule is NC1CCc2nc[nH]c2C1.NC1CCc2nc[nH]c2C1.O=[N+]([O-])c1ccc2nc[nH]c2c1. The van der Waals surface area contributed by atoms with Gasteiger partial charge < -0.3 is 26.4 Å². The lowest BCUT2D eigenvalue weighted by molar-refractivity contribution is -0.384. The number of aromatic amines is 3. The van der Waals surface area contributed by atoms with Gasteiger partial charge in [0.25, 0.3) is 5.69 Å². The van der Waals surface area contributed by atoms with Crippen LogP contribution < -0.4 is 11.5 Å². The first-order valence-electron chi connectivity index (χ1n) is 10.6. The molecule has 4 aromatic rings. The monoisotopic (exact) mass is 437 g/mol. The summed E-state index contributed by atoms with van der Waals surface area (Å²) in [5.74, 6) is 0. The van der Waals surface area contributed by atoms with Crippen LogP contribution in [0.2, 0.25) is 0 Å². The van der Waals surface area contributed by atoms with E-state index in [1.54, 1.807) is 18.7 Å². The molecule has 2 atom stereocenters. The van der Waals surface area contributed by atoms with Crippen molar-refractivity contribution in [2.75, 3.05) is 0 Å². The molecule has 32 heavy (non-hydrogen) atoms. The molecule has 7 N–H and O–H groups in total. The standard InChI is InChI=1S/C7H5N3O2.2C7H11N3/c11-10(12)5-1-2-6-7(3-5)9-4-8-6;2*8-5-1-2-6-7(3-5)10-4-9-6/h1-4H,(H,8,9);2*4-5H,1-3,8H2,(H,9,10). The number of rotatable bonds is 1. The van der Waals surface area contributed by atoms with Gasteiger partial charge in [-0.1, -0.05) is 0 Å². The first-order valence-corrected chi connectivity index (χ1v) is 10.6. The van der Waals surface area contributed by atoms with Gasteiger partial charge in [-0.25, -0.2) is 15.0 Å². The van der Waals surface area contributed by atoms with Gasteiger partial charge in [-0.2, -0.15) is 0 Å². The molecule has 1 aromatic carbocycles. The molecule has 0 saturated carbocycles. The third-order valence-corrected chi connectivity index (χ3v) is 5.67. The van der Waals surface area contributed by atoms with E-state index in [1.165, 1.54) is 41.2 Å². The Balaban J connectivity index is 0.000000115. The molecule has 168 valence electrons. The van der Waals surface area contributed by atoms with E-state index in [1.807, 2.05) is 0 Å². The topological polar surface area (TPSA) is 181 Å². The van der Waals surface area contributed by atoms with Gasteiger partial charge in [0.05, 0.1) is 46.3 Å². The van der Waals surface area contributed by atoms with Crippen LogP contribution in [0.5, 0.6) is 0 Å². The quantitative estimate of drug-likeness (QED) is 0.223. The highest BCUT2D eigenvalue weighted by atomic mass is 16.6. The summed E-state index contributed by atoms with van der Waals surface area (Å²) in [5.41, 5.74) is 17.9. The summed E-state index contributed by atoms with van der Waals surface area (Å²) >= 11 is 0. The molecule has 3 heterocycles. The van der Waals surface area contributed by atoms with E-state index < -0.39 is 4.92 Å². The molecule has 2 aliphatic rings. The van der Waals surface area contributed by atoms with E-state index in [0.29, 0.717) is 17.6 Å². The van der Waals surface area contributed by atoms with E-state index >= 15 is 0 Å². The summed E-state index contributed by atoms with van der Waals surface area (Å²) < 4.78 is 0. The zero-order valence-corrected chi connectivity index (χ0v) is 17.6. The first kappa shape index (κ1) is 21.7. The number of nitrogens with two attached hydrogens (primary N) is 2. The average molecular weight is 438 g/mol. The highest BCUT2D eigenvalue weighted by molar-refractivity contribution is 5.76. The van der Waals surface area contributed by atoms with E-state index in [0.717, 1.165) is 44.0 Å². The fraction of sp³-hybridized carbons (Fsp3) is 0.381. The number of H-pyrrole nitrogens is 3. The van der Waals surface area contributed by atoms with Crippen molar-refractivity contribution < 1.29 is 4.92 Å². The Kier molecular flexibility index (Phi) is 6.57. The average Bonchev–Trinajstić information content (AvgIpc) is 3.53. The van der Waals surface area contributed by atoms with Crippen molar-refractivity contribution in [1.82, 2.24) is 29.9 Å². The van der Waals surface area contributed by atoms with Crippen LogP contribution in [0.3, 0.4) is 0 Å². The van der Waals surface area contributed by atoms with Gasteiger partial charge in [0.1, 0.15) is 0 Å². The minimum atomic E-state index is -0.430. The Morgan fingerprint density at radius 3 is 2.00 bits per heavy atom. The number of hydrogen-bond acceptors (Lipinski definition) is 7. The molecule has 3 aromatic heterocycles. The molecule has 0 aliphatic heterocycles. The Morgan fingerprint density at radius 2 is 1.44 bits per heavy atom. The first-order chi connectivity index (χ1) is 15.5. The van der Waals surface area contributed by atoms with Crippen LogP contribution in [0, 0.1) is 10.1 Å². The normalized spacial score (nSPS) is 19.1. The van der Waals surface area contributed by atoms with Gasteiger partial charge in [-0.05, 0) is 31.7 Å². The fourth-order valence-electron chi connectivity index (χ4n) is 3.89. The lowest BCUT2D eigenvalue weighted by atomic mass is 9.97. The molecule has 0 spiro atoms. The number of aromatic nitrogens is 6. The second-order valence-corrected chi connectivity index (χ2v) is 8.02. The Morgan fingerprint density at radius 1 is 0.875 bits per heavy atom. The minimum absolute atomic E-state index is 0.0757. The lowest BCUT2D eigenvalue weighted by Gasteiger charge is -2.16. The smallest absolute Gasteiger partial charge is 0.271 e. The number of hydrogen-bond donors (Lipinski definition) is 5. The summed E-state index contributed by atoms with van der Waals surface area (Å²) in [5, 5.41) is 10.3. The molecule has 0 bridgehead atoms. The highest BCUT2D eigenvalue weighted by Gasteiger charge is 2.17. The van der Waals surface area contributed by atoms with Crippen molar-refractivity contribution >= 4 is 16.7 Å². The molecular formula is C21H27N9O2. The number of nitrogens with one attached hydrogen (secondary N) is 3. The van der Waals surface area contributed by atoms with Crippen LogP contribution >= 0.6 is 0 Å². The Hall–Kier alpha value is -3.57. The maximum Gasteiger partial charge on any atom is 0.271 e. The van der Waals surface area contributed by atoms with E-state index in [9.17, 15) is 10.1 Å². The minimum Gasteiger partial charge on any atom is -0.348 e. The number of fused-ring (bicyclic) bond motifs is 3. The van der Waals surface area contributed by atoms with Crippen molar-refractivity contribution in [3.63, 3.8) is 0 Å². The summed E-state index contributed by atoms with van der Waals surface area (Å²) in [4.78, 5) is 31.2. The van der Waals surface area contributed by atoms with Gasteiger partial charge >= 0.3 is 0 Å². The molecular weight excluding hydrogens is 410 g/mol.